The monoisotopic (exact) mass is 321 g/mol. The molecule has 118 valence electrons. The third-order valence-electron chi connectivity index (χ3n) is 3.34. The molecule has 0 aliphatic heterocycles. The van der Waals surface area contributed by atoms with Gasteiger partial charge in [0, 0.05) is 12.2 Å². The van der Waals surface area contributed by atoms with E-state index in [1.807, 2.05) is 12.1 Å². The summed E-state index contributed by atoms with van der Waals surface area (Å²) in [6, 6.07) is 12.7. The lowest BCUT2D eigenvalue weighted by Crippen LogP contribution is -2.12. The molecule has 2 aromatic carbocycles. The first-order valence-electron chi connectivity index (χ1n) is 7.28. The maximum absolute atomic E-state index is 13.0. The summed E-state index contributed by atoms with van der Waals surface area (Å²) in [5.74, 6) is 0.425. The lowest BCUT2D eigenvalue weighted by Gasteiger charge is -2.19. The molecule has 0 saturated carbocycles. The first-order valence-corrected chi connectivity index (χ1v) is 7.66. The summed E-state index contributed by atoms with van der Waals surface area (Å²) in [5, 5.41) is 3.26. The quantitative estimate of drug-likeness (QED) is 0.758. The van der Waals surface area contributed by atoms with Crippen LogP contribution < -0.4 is 10.1 Å². The van der Waals surface area contributed by atoms with Gasteiger partial charge in [-0.15, -0.1) is 0 Å². The Bertz CT molecular complexity index is 620. The van der Waals surface area contributed by atoms with Crippen LogP contribution in [0.15, 0.2) is 42.5 Å². The van der Waals surface area contributed by atoms with Crippen molar-refractivity contribution < 1.29 is 9.13 Å². The van der Waals surface area contributed by atoms with Crippen LogP contribution >= 0.6 is 11.6 Å². The van der Waals surface area contributed by atoms with Crippen LogP contribution in [0.1, 0.15) is 26.3 Å². The third-order valence-corrected chi connectivity index (χ3v) is 3.63. The number of anilines is 1. The lowest BCUT2D eigenvalue weighted by atomic mass is 9.87. The molecule has 0 saturated heterocycles. The highest BCUT2D eigenvalue weighted by Crippen LogP contribution is 2.24. The molecule has 0 amide bonds. The van der Waals surface area contributed by atoms with Crippen LogP contribution in [0.4, 0.5) is 10.1 Å². The average molecular weight is 322 g/mol. The zero-order chi connectivity index (χ0) is 16.2. The summed E-state index contributed by atoms with van der Waals surface area (Å²) in [5.41, 5.74) is 2.19. The first-order chi connectivity index (χ1) is 10.4. The van der Waals surface area contributed by atoms with Crippen LogP contribution in [0.2, 0.25) is 5.02 Å². The minimum atomic E-state index is -0.414. The molecular formula is C18H21ClFNO. The largest absolute Gasteiger partial charge is 0.492 e. The van der Waals surface area contributed by atoms with Gasteiger partial charge in [-0.3, -0.25) is 0 Å². The van der Waals surface area contributed by atoms with Crippen LogP contribution in [-0.2, 0) is 5.41 Å². The molecule has 1 N–H and O–H groups in total. The van der Waals surface area contributed by atoms with Crippen molar-refractivity contribution in [2.75, 3.05) is 18.5 Å². The van der Waals surface area contributed by atoms with Gasteiger partial charge in [-0.25, -0.2) is 4.39 Å². The van der Waals surface area contributed by atoms with Crippen molar-refractivity contribution in [3.63, 3.8) is 0 Å². The van der Waals surface area contributed by atoms with E-state index in [2.05, 4.69) is 38.2 Å². The van der Waals surface area contributed by atoms with Gasteiger partial charge in [0.2, 0.25) is 0 Å². The van der Waals surface area contributed by atoms with E-state index in [1.165, 1.54) is 11.6 Å². The number of benzene rings is 2. The van der Waals surface area contributed by atoms with Gasteiger partial charge in [0.1, 0.15) is 18.2 Å². The van der Waals surface area contributed by atoms with Gasteiger partial charge in [0.15, 0.2) is 0 Å². The predicted octanol–water partition coefficient (Wildman–Crippen LogP) is 5.27. The number of hydrogen-bond donors (Lipinski definition) is 1. The highest BCUT2D eigenvalue weighted by Gasteiger charge is 2.12. The summed E-state index contributed by atoms with van der Waals surface area (Å²) >= 11 is 5.73. The van der Waals surface area contributed by atoms with Gasteiger partial charge in [0.05, 0.1) is 5.02 Å². The Balaban J connectivity index is 1.80. The molecule has 0 aromatic heterocycles. The van der Waals surface area contributed by atoms with Gasteiger partial charge in [-0.1, -0.05) is 44.5 Å². The van der Waals surface area contributed by atoms with Crippen molar-refractivity contribution in [3.05, 3.63) is 58.9 Å². The lowest BCUT2D eigenvalue weighted by molar-refractivity contribution is 0.332. The topological polar surface area (TPSA) is 21.3 Å². The Morgan fingerprint density at radius 2 is 1.77 bits per heavy atom. The van der Waals surface area contributed by atoms with E-state index in [1.54, 1.807) is 12.1 Å². The molecule has 0 spiro atoms. The van der Waals surface area contributed by atoms with Crippen molar-refractivity contribution in [3.8, 4) is 5.75 Å². The van der Waals surface area contributed by atoms with Crippen LogP contribution in [0.5, 0.6) is 5.75 Å². The van der Waals surface area contributed by atoms with Gasteiger partial charge >= 0.3 is 0 Å². The number of rotatable bonds is 5. The fourth-order valence-electron chi connectivity index (χ4n) is 2.02. The molecule has 0 atom stereocenters. The van der Waals surface area contributed by atoms with Crippen molar-refractivity contribution in [2.24, 2.45) is 0 Å². The minimum absolute atomic E-state index is 0.115. The Morgan fingerprint density at radius 3 is 2.36 bits per heavy atom. The summed E-state index contributed by atoms with van der Waals surface area (Å²) in [6.45, 7) is 7.68. The number of halogens is 2. The van der Waals surface area contributed by atoms with Crippen LogP contribution in [0, 0.1) is 5.82 Å². The highest BCUT2D eigenvalue weighted by molar-refractivity contribution is 6.31. The smallest absolute Gasteiger partial charge is 0.141 e. The van der Waals surface area contributed by atoms with Crippen molar-refractivity contribution in [2.45, 2.75) is 26.2 Å². The molecule has 0 fully saturated rings. The van der Waals surface area contributed by atoms with Gasteiger partial charge in [-0.2, -0.15) is 0 Å². The van der Waals surface area contributed by atoms with E-state index in [9.17, 15) is 4.39 Å². The summed E-state index contributed by atoms with van der Waals surface area (Å²) in [6.07, 6.45) is 0. The minimum Gasteiger partial charge on any atom is -0.492 e. The summed E-state index contributed by atoms with van der Waals surface area (Å²) in [7, 11) is 0. The Morgan fingerprint density at radius 1 is 1.09 bits per heavy atom. The molecule has 2 rings (SSSR count). The van der Waals surface area contributed by atoms with E-state index >= 15 is 0 Å². The van der Waals surface area contributed by atoms with Crippen LogP contribution in [0.3, 0.4) is 0 Å². The second-order valence-corrected chi connectivity index (χ2v) is 6.59. The van der Waals surface area contributed by atoms with Crippen LogP contribution in [0.25, 0.3) is 0 Å². The Hall–Kier alpha value is -1.74. The number of hydrogen-bond acceptors (Lipinski definition) is 2. The molecular weight excluding hydrogens is 301 g/mol. The number of ether oxygens (including phenoxy) is 1. The molecule has 2 nitrogen and oxygen atoms in total. The molecule has 0 heterocycles. The maximum atomic E-state index is 13.0. The van der Waals surface area contributed by atoms with Gasteiger partial charge in [-0.05, 0) is 41.3 Å². The molecule has 4 heteroatoms. The van der Waals surface area contributed by atoms with E-state index in [0.29, 0.717) is 13.2 Å². The number of nitrogens with one attached hydrogen (secondary N) is 1. The maximum Gasteiger partial charge on any atom is 0.141 e. The molecule has 0 bridgehead atoms. The third kappa shape index (κ3) is 4.63. The van der Waals surface area contributed by atoms with Crippen LogP contribution in [-0.4, -0.2) is 13.2 Å². The van der Waals surface area contributed by atoms with Crippen molar-refractivity contribution in [1.82, 2.24) is 0 Å². The van der Waals surface area contributed by atoms with E-state index < -0.39 is 5.82 Å². The zero-order valence-corrected chi connectivity index (χ0v) is 13.9. The average Bonchev–Trinajstić information content (AvgIpc) is 2.47. The van der Waals surface area contributed by atoms with E-state index in [4.69, 9.17) is 16.3 Å². The normalized spacial score (nSPS) is 11.3. The predicted molar refractivity (Wildman–Crippen MR) is 90.5 cm³/mol. The Labute approximate surface area is 136 Å². The molecule has 22 heavy (non-hydrogen) atoms. The summed E-state index contributed by atoms with van der Waals surface area (Å²) in [4.78, 5) is 0. The SMILES string of the molecule is CC(C)(C)c1ccc(OCCNc2ccc(F)c(Cl)c2)cc1. The molecule has 0 aliphatic rings. The standard InChI is InChI=1S/C18H21ClFNO/c1-18(2,3)13-4-7-15(8-5-13)22-11-10-21-14-6-9-17(20)16(19)12-14/h4-9,12,21H,10-11H2,1-3H3. The van der Waals surface area contributed by atoms with Gasteiger partial charge in [0.25, 0.3) is 0 Å². The molecule has 0 unspecified atom stereocenters. The fourth-order valence-corrected chi connectivity index (χ4v) is 2.20. The molecule has 2 aromatic rings. The Kier molecular flexibility index (Phi) is 5.30. The first kappa shape index (κ1) is 16.6. The zero-order valence-electron chi connectivity index (χ0n) is 13.1. The van der Waals surface area contributed by atoms with E-state index in [-0.39, 0.29) is 10.4 Å². The van der Waals surface area contributed by atoms with Crippen molar-refractivity contribution in [1.29, 1.82) is 0 Å². The second-order valence-electron chi connectivity index (χ2n) is 6.18. The van der Waals surface area contributed by atoms with Crippen molar-refractivity contribution >= 4 is 17.3 Å². The molecule has 0 radical (unpaired) electrons. The second kappa shape index (κ2) is 7.01. The fraction of sp³-hybridized carbons (Fsp3) is 0.333. The van der Waals surface area contributed by atoms with E-state index in [0.717, 1.165) is 11.4 Å². The summed E-state index contributed by atoms with van der Waals surface area (Å²) < 4.78 is 18.7. The molecule has 0 aliphatic carbocycles. The highest BCUT2D eigenvalue weighted by atomic mass is 35.5. The van der Waals surface area contributed by atoms with Gasteiger partial charge < -0.3 is 10.1 Å².